The summed E-state index contributed by atoms with van der Waals surface area (Å²) in [6.45, 7) is 1.59. The Morgan fingerprint density at radius 1 is 1.11 bits per heavy atom. The third-order valence-corrected chi connectivity index (χ3v) is 9.57. The van der Waals surface area contributed by atoms with Gasteiger partial charge in [0.25, 0.3) is 0 Å². The second-order valence-electron chi connectivity index (χ2n) is 9.58. The molecule has 2 aromatic rings. The molecule has 0 aromatic carbocycles. The van der Waals surface area contributed by atoms with Gasteiger partial charge in [0.1, 0.15) is 5.69 Å². The van der Waals surface area contributed by atoms with Crippen molar-refractivity contribution in [3.8, 4) is 10.6 Å². The molecule has 3 fully saturated rings. The summed E-state index contributed by atoms with van der Waals surface area (Å²) >= 11 is 0.805. The monoisotopic (exact) mass is 565 g/mol. The van der Waals surface area contributed by atoms with Crippen LogP contribution in [-0.4, -0.2) is 72.1 Å². The predicted octanol–water partition coefficient (Wildman–Crippen LogP) is 3.99. The second kappa shape index (κ2) is 9.98. The van der Waals surface area contributed by atoms with Crippen LogP contribution in [0.3, 0.4) is 0 Å². The van der Waals surface area contributed by atoms with Crippen molar-refractivity contribution in [1.29, 1.82) is 0 Å². The molecule has 15 heteroatoms. The molecule has 0 radical (unpaired) electrons. The number of aromatic nitrogens is 3. The lowest BCUT2D eigenvalue weighted by atomic mass is 9.85. The van der Waals surface area contributed by atoms with E-state index in [9.17, 15) is 26.0 Å². The smallest absolute Gasteiger partial charge is 0.351 e. The van der Waals surface area contributed by atoms with Crippen LogP contribution in [-0.2, 0) is 25.7 Å². The number of hydrogen-bond acceptors (Lipinski definition) is 9. The van der Waals surface area contributed by atoms with Crippen molar-refractivity contribution in [3.05, 3.63) is 22.7 Å². The van der Waals surface area contributed by atoms with E-state index in [0.29, 0.717) is 64.8 Å². The molecule has 5 rings (SSSR count). The number of sulfonamides is 1. The molecule has 4 heterocycles. The van der Waals surface area contributed by atoms with E-state index in [4.69, 9.17) is 9.47 Å². The van der Waals surface area contributed by atoms with Crippen molar-refractivity contribution in [2.45, 2.75) is 62.4 Å². The van der Waals surface area contributed by atoms with Gasteiger partial charge >= 0.3 is 6.18 Å². The van der Waals surface area contributed by atoms with Crippen LogP contribution in [0.15, 0.2) is 6.20 Å². The quantitative estimate of drug-likeness (QED) is 0.543. The molecule has 1 saturated carbocycles. The van der Waals surface area contributed by atoms with Gasteiger partial charge in [0.15, 0.2) is 17.3 Å². The Balaban J connectivity index is 1.37. The lowest BCUT2D eigenvalue weighted by Crippen LogP contribution is -2.42. The van der Waals surface area contributed by atoms with Gasteiger partial charge in [-0.1, -0.05) is 0 Å². The third-order valence-electron chi connectivity index (χ3n) is 7.04. The van der Waals surface area contributed by atoms with E-state index in [2.05, 4.69) is 20.3 Å². The molecule has 204 valence electrons. The number of nitrogens with one attached hydrogen (secondary N) is 1. The fourth-order valence-corrected chi connectivity index (χ4v) is 7.18. The summed E-state index contributed by atoms with van der Waals surface area (Å²) in [4.78, 5) is 11.5. The maximum Gasteiger partial charge on any atom is 0.434 e. The van der Waals surface area contributed by atoms with Gasteiger partial charge in [0, 0.05) is 37.9 Å². The summed E-state index contributed by atoms with van der Waals surface area (Å²) in [5.74, 6) is -1.87. The molecule has 0 unspecified atom stereocenters. The number of piperidine rings is 1. The molecule has 0 bridgehead atoms. The first-order chi connectivity index (χ1) is 17.4. The summed E-state index contributed by atoms with van der Waals surface area (Å²) in [7, 11) is -3.30. The van der Waals surface area contributed by atoms with Crippen LogP contribution in [0.1, 0.15) is 55.1 Å². The van der Waals surface area contributed by atoms with Crippen molar-refractivity contribution < 1.29 is 35.5 Å². The van der Waals surface area contributed by atoms with Crippen molar-refractivity contribution in [2.24, 2.45) is 0 Å². The molecule has 1 N–H and O–H groups in total. The molecule has 2 saturated heterocycles. The molecular formula is C22H27F4N5O4S2. The molecule has 2 aromatic heterocycles. The first kappa shape index (κ1) is 26.7. The van der Waals surface area contributed by atoms with Gasteiger partial charge < -0.3 is 14.8 Å². The van der Waals surface area contributed by atoms with E-state index in [1.54, 1.807) is 0 Å². The van der Waals surface area contributed by atoms with E-state index in [1.807, 2.05) is 0 Å². The van der Waals surface area contributed by atoms with Crippen LogP contribution in [0.5, 0.6) is 0 Å². The maximum atomic E-state index is 14.8. The Kier molecular flexibility index (Phi) is 7.19. The average molecular weight is 566 g/mol. The average Bonchev–Trinajstić information content (AvgIpc) is 3.49. The van der Waals surface area contributed by atoms with Gasteiger partial charge in [-0.05, 0) is 25.7 Å². The minimum atomic E-state index is -4.79. The molecule has 0 amide bonds. The number of ether oxygens (including phenoxy) is 2. The van der Waals surface area contributed by atoms with E-state index in [-0.39, 0.29) is 27.8 Å². The van der Waals surface area contributed by atoms with Gasteiger partial charge in [-0.15, -0.1) is 11.3 Å². The Morgan fingerprint density at radius 2 is 1.76 bits per heavy atom. The minimum Gasteiger partial charge on any atom is -0.351 e. The number of alkyl halides is 3. The highest BCUT2D eigenvalue weighted by atomic mass is 32.2. The van der Waals surface area contributed by atoms with Crippen LogP contribution < -0.4 is 5.32 Å². The number of anilines is 1. The van der Waals surface area contributed by atoms with E-state index in [1.165, 1.54) is 4.31 Å². The highest BCUT2D eigenvalue weighted by Crippen LogP contribution is 2.47. The fourth-order valence-electron chi connectivity index (χ4n) is 5.06. The Morgan fingerprint density at radius 3 is 2.35 bits per heavy atom. The zero-order valence-electron chi connectivity index (χ0n) is 20.1. The lowest BCUT2D eigenvalue weighted by Gasteiger charge is -2.34. The topological polar surface area (TPSA) is 107 Å². The highest BCUT2D eigenvalue weighted by Gasteiger charge is 2.44. The lowest BCUT2D eigenvalue weighted by molar-refractivity contribution is -0.178. The molecule has 1 aliphatic carbocycles. The third kappa shape index (κ3) is 5.75. The first-order valence-corrected chi connectivity index (χ1v) is 14.7. The van der Waals surface area contributed by atoms with E-state index >= 15 is 0 Å². The molecule has 0 atom stereocenters. The molecule has 3 aliphatic rings. The number of thiazole rings is 1. The zero-order valence-corrected chi connectivity index (χ0v) is 21.7. The predicted molar refractivity (Wildman–Crippen MR) is 127 cm³/mol. The van der Waals surface area contributed by atoms with Crippen molar-refractivity contribution in [1.82, 2.24) is 19.3 Å². The maximum absolute atomic E-state index is 14.8. The summed E-state index contributed by atoms with van der Waals surface area (Å²) in [5.41, 5.74) is -1.62. The number of rotatable bonds is 5. The van der Waals surface area contributed by atoms with Gasteiger partial charge in [0.2, 0.25) is 16.0 Å². The Hall–Kier alpha value is -1.94. The van der Waals surface area contributed by atoms with Crippen molar-refractivity contribution >= 4 is 27.3 Å². The van der Waals surface area contributed by atoms with Crippen LogP contribution in [0.2, 0.25) is 0 Å². The van der Waals surface area contributed by atoms with Gasteiger partial charge in [-0.2, -0.15) is 13.2 Å². The minimum absolute atomic E-state index is 0.0209. The number of halogens is 4. The summed E-state index contributed by atoms with van der Waals surface area (Å²) in [5, 5.41) is 3.30. The number of nitrogens with zero attached hydrogens (tertiary/aromatic N) is 4. The number of hydrogen-bond donors (Lipinski definition) is 1. The van der Waals surface area contributed by atoms with E-state index in [0.717, 1.165) is 23.8 Å². The van der Waals surface area contributed by atoms with Gasteiger partial charge in [0.05, 0.1) is 35.6 Å². The van der Waals surface area contributed by atoms with Crippen LogP contribution >= 0.6 is 11.3 Å². The molecule has 37 heavy (non-hydrogen) atoms. The van der Waals surface area contributed by atoms with Crippen molar-refractivity contribution in [2.75, 3.05) is 37.9 Å². The standard InChI is InChI=1S/C22H27F4N5O4S2/c1-37(32,33)31-8-4-14(5-9-31)28-20-27-12-15(23)16(29-20)17-18(22(24,25)26)30-19(36-17)13-2-6-21(7-3-13)34-10-11-35-21/h12-14H,2-11H2,1H3,(H,27,28,29). The summed E-state index contributed by atoms with van der Waals surface area (Å²) in [6.07, 6.45) is 0.320. The van der Waals surface area contributed by atoms with E-state index < -0.39 is 39.2 Å². The molecule has 9 nitrogen and oxygen atoms in total. The summed E-state index contributed by atoms with van der Waals surface area (Å²) < 4.78 is 92.9. The molecular weight excluding hydrogens is 538 g/mol. The SMILES string of the molecule is CS(=O)(=O)N1CCC(Nc2ncc(F)c(-c3sc(C4CCC5(CC4)OCCO5)nc3C(F)(F)F)n2)CC1. The molecule has 2 aliphatic heterocycles. The first-order valence-electron chi connectivity index (χ1n) is 12.0. The Labute approximate surface area is 215 Å². The second-order valence-corrected chi connectivity index (χ2v) is 12.6. The van der Waals surface area contributed by atoms with Gasteiger partial charge in [-0.25, -0.2) is 32.1 Å². The Bertz CT molecular complexity index is 1230. The highest BCUT2D eigenvalue weighted by molar-refractivity contribution is 7.88. The van der Waals surface area contributed by atoms with Crippen LogP contribution in [0, 0.1) is 5.82 Å². The molecule has 1 spiro atoms. The zero-order chi connectivity index (χ0) is 26.4. The van der Waals surface area contributed by atoms with Gasteiger partial charge in [-0.3, -0.25) is 0 Å². The largest absolute Gasteiger partial charge is 0.434 e. The normalized spacial score (nSPS) is 22.1. The summed E-state index contributed by atoms with van der Waals surface area (Å²) in [6, 6.07) is -0.204. The van der Waals surface area contributed by atoms with Crippen molar-refractivity contribution in [3.63, 3.8) is 0 Å². The fraction of sp³-hybridized carbons (Fsp3) is 0.682. The van der Waals surface area contributed by atoms with Crippen LogP contribution in [0.25, 0.3) is 10.6 Å². The van der Waals surface area contributed by atoms with Crippen LogP contribution in [0.4, 0.5) is 23.5 Å².